The van der Waals surface area contributed by atoms with Gasteiger partial charge in [-0.25, -0.2) is 4.98 Å². The highest BCUT2D eigenvalue weighted by molar-refractivity contribution is 5.49. The van der Waals surface area contributed by atoms with Crippen LogP contribution < -0.4 is 15.8 Å². The summed E-state index contributed by atoms with van der Waals surface area (Å²) in [6, 6.07) is 5.94. The van der Waals surface area contributed by atoms with Crippen LogP contribution in [-0.2, 0) is 19.1 Å². The minimum Gasteiger partial charge on any atom is -0.405 e. The summed E-state index contributed by atoms with van der Waals surface area (Å²) in [4.78, 5) is 10.3. The molecular weight excluding hydrogens is 488 g/mol. The fourth-order valence-electron chi connectivity index (χ4n) is 5.20. The Morgan fingerprint density at radius 3 is 2.28 bits per heavy atom. The zero-order valence-electron chi connectivity index (χ0n) is 19.6. The van der Waals surface area contributed by atoms with Crippen LogP contribution >= 0.6 is 0 Å². The second-order valence-corrected chi connectivity index (χ2v) is 9.38. The molecule has 1 saturated carbocycles. The molecule has 1 saturated heterocycles. The van der Waals surface area contributed by atoms with Crippen LogP contribution in [0.1, 0.15) is 55.3 Å². The Hall–Kier alpha value is -2.76. The highest BCUT2D eigenvalue weighted by Crippen LogP contribution is 2.39. The summed E-state index contributed by atoms with van der Waals surface area (Å²) < 4.78 is 83.5. The van der Waals surface area contributed by atoms with E-state index in [1.54, 1.807) is 0 Å². The average Bonchev–Trinajstić information content (AvgIpc) is 3.32. The third-order valence-corrected chi connectivity index (χ3v) is 6.89. The predicted octanol–water partition coefficient (Wildman–Crippen LogP) is 5.79. The van der Waals surface area contributed by atoms with Crippen LogP contribution in [0.3, 0.4) is 0 Å². The van der Waals surface area contributed by atoms with Crippen molar-refractivity contribution < 1.29 is 31.1 Å². The molecule has 2 aliphatic rings. The molecule has 0 radical (unpaired) electrons. The van der Waals surface area contributed by atoms with E-state index in [1.807, 2.05) is 0 Å². The maximum atomic E-state index is 13.8. The molecule has 198 valence electrons. The van der Waals surface area contributed by atoms with Crippen molar-refractivity contribution in [2.24, 2.45) is 5.92 Å². The van der Waals surface area contributed by atoms with Gasteiger partial charge in [0.2, 0.25) is 5.95 Å². The van der Waals surface area contributed by atoms with Crippen molar-refractivity contribution in [3.8, 4) is 5.75 Å². The topological polar surface area (TPSA) is 76.3 Å². The van der Waals surface area contributed by atoms with E-state index < -0.39 is 29.7 Å². The molecule has 6 nitrogen and oxygen atoms in total. The summed E-state index contributed by atoms with van der Waals surface area (Å²) in [7, 11) is 0. The van der Waals surface area contributed by atoms with Crippen LogP contribution in [0.5, 0.6) is 5.75 Å². The maximum absolute atomic E-state index is 13.8. The minimum atomic E-state index is -4.88. The minimum absolute atomic E-state index is 0.0352. The van der Waals surface area contributed by atoms with E-state index in [-0.39, 0.29) is 36.1 Å². The molecule has 0 unspecified atom stereocenters. The lowest BCUT2D eigenvalue weighted by Crippen LogP contribution is -2.36. The molecule has 1 aliphatic carbocycles. The standard InChI is InChI=1S/C24H29F6N5O/c25-23(26,27)20-18(13-15-7-9-17(10-8-15)35-11-3-4-12-35)33-22(34-21(20)31)32-14-16-5-1-2-6-19(16)36-24(28,29)30/h1-2,5-6,15,17H,3-4,7-14H2,(H3,31,32,33,34)/t15-,17-. The predicted molar refractivity (Wildman–Crippen MR) is 122 cm³/mol. The van der Waals surface area contributed by atoms with Gasteiger partial charge in [0.15, 0.2) is 0 Å². The van der Waals surface area contributed by atoms with Gasteiger partial charge in [-0.3, -0.25) is 0 Å². The molecule has 2 fully saturated rings. The number of aromatic nitrogens is 2. The molecule has 1 aliphatic heterocycles. The molecule has 1 aromatic heterocycles. The second kappa shape index (κ2) is 10.7. The van der Waals surface area contributed by atoms with Gasteiger partial charge in [-0.05, 0) is 70.0 Å². The molecular formula is C24H29F6N5O. The van der Waals surface area contributed by atoms with Gasteiger partial charge < -0.3 is 20.7 Å². The summed E-state index contributed by atoms with van der Waals surface area (Å²) in [6.07, 6.45) is -3.64. The Kier molecular flexibility index (Phi) is 7.82. The van der Waals surface area contributed by atoms with Crippen LogP contribution in [0.25, 0.3) is 0 Å². The van der Waals surface area contributed by atoms with Crippen LogP contribution in [0.2, 0.25) is 0 Å². The molecule has 36 heavy (non-hydrogen) atoms. The van der Waals surface area contributed by atoms with Crippen molar-refractivity contribution in [2.75, 3.05) is 24.1 Å². The average molecular weight is 518 g/mol. The summed E-state index contributed by atoms with van der Waals surface area (Å²) in [5, 5.41) is 2.70. The van der Waals surface area contributed by atoms with Gasteiger partial charge in [-0.1, -0.05) is 18.2 Å². The zero-order chi connectivity index (χ0) is 25.9. The number of nitrogens with one attached hydrogen (secondary N) is 1. The summed E-state index contributed by atoms with van der Waals surface area (Å²) in [6.45, 7) is 1.97. The Bertz CT molecular complexity index is 1030. The number of alkyl halides is 6. The second-order valence-electron chi connectivity index (χ2n) is 9.38. The molecule has 0 atom stereocenters. The fraction of sp³-hybridized carbons (Fsp3) is 0.583. The zero-order valence-corrected chi connectivity index (χ0v) is 19.6. The fourth-order valence-corrected chi connectivity index (χ4v) is 5.20. The SMILES string of the molecule is Nc1nc(NCc2ccccc2OC(F)(F)F)nc(C[C@H]2CC[C@H](N3CCCC3)CC2)c1C(F)(F)F. The number of halogens is 6. The number of likely N-dealkylation sites (tertiary alicyclic amines) is 1. The number of para-hydroxylation sites is 1. The largest absolute Gasteiger partial charge is 0.573 e. The summed E-state index contributed by atoms with van der Waals surface area (Å²) in [5.41, 5.74) is 4.61. The highest BCUT2D eigenvalue weighted by Gasteiger charge is 2.39. The Balaban J connectivity index is 1.49. The normalized spacial score (nSPS) is 21.5. The molecule has 2 heterocycles. The van der Waals surface area contributed by atoms with Crippen LogP contribution in [-0.4, -0.2) is 40.4 Å². The van der Waals surface area contributed by atoms with Crippen molar-refractivity contribution in [1.29, 1.82) is 0 Å². The molecule has 0 spiro atoms. The van der Waals surface area contributed by atoms with Crippen LogP contribution in [0, 0.1) is 5.92 Å². The molecule has 3 N–H and O–H groups in total. The van der Waals surface area contributed by atoms with Crippen molar-refractivity contribution >= 4 is 11.8 Å². The van der Waals surface area contributed by atoms with E-state index in [2.05, 4.69) is 24.9 Å². The maximum Gasteiger partial charge on any atom is 0.573 e. The van der Waals surface area contributed by atoms with Crippen LogP contribution in [0.4, 0.5) is 38.1 Å². The van der Waals surface area contributed by atoms with Gasteiger partial charge in [-0.2, -0.15) is 18.2 Å². The van der Waals surface area contributed by atoms with Gasteiger partial charge in [0.05, 0.1) is 5.69 Å². The number of hydrogen-bond acceptors (Lipinski definition) is 6. The number of anilines is 2. The first-order valence-electron chi connectivity index (χ1n) is 12.0. The first-order chi connectivity index (χ1) is 17.0. The van der Waals surface area contributed by atoms with E-state index in [4.69, 9.17) is 5.73 Å². The summed E-state index contributed by atoms with van der Waals surface area (Å²) in [5.74, 6) is -1.27. The van der Waals surface area contributed by atoms with Crippen molar-refractivity contribution in [1.82, 2.24) is 14.9 Å². The number of rotatable bonds is 7. The van der Waals surface area contributed by atoms with E-state index in [0.717, 1.165) is 44.8 Å². The van der Waals surface area contributed by atoms with Crippen molar-refractivity contribution in [3.63, 3.8) is 0 Å². The molecule has 4 rings (SSSR count). The Morgan fingerprint density at radius 2 is 1.64 bits per heavy atom. The van der Waals surface area contributed by atoms with Crippen LogP contribution in [0.15, 0.2) is 24.3 Å². The first-order valence-corrected chi connectivity index (χ1v) is 12.0. The quantitative estimate of drug-likeness (QED) is 0.453. The molecule has 2 aromatic rings. The van der Waals surface area contributed by atoms with E-state index in [9.17, 15) is 26.3 Å². The number of nitrogen functional groups attached to an aromatic ring is 1. The van der Waals surface area contributed by atoms with Gasteiger partial charge >= 0.3 is 12.5 Å². The van der Waals surface area contributed by atoms with Crippen molar-refractivity contribution in [2.45, 2.75) is 70.1 Å². The number of nitrogens with zero attached hydrogens (tertiary/aromatic N) is 3. The Labute approximate surface area is 205 Å². The molecule has 12 heteroatoms. The van der Waals surface area contributed by atoms with E-state index in [0.29, 0.717) is 6.04 Å². The van der Waals surface area contributed by atoms with Gasteiger partial charge in [-0.15, -0.1) is 13.2 Å². The lowest BCUT2D eigenvalue weighted by Gasteiger charge is -2.34. The van der Waals surface area contributed by atoms with Gasteiger partial charge in [0.1, 0.15) is 17.1 Å². The lowest BCUT2D eigenvalue weighted by atomic mass is 9.82. The Morgan fingerprint density at radius 1 is 0.972 bits per heavy atom. The van der Waals surface area contributed by atoms with E-state index >= 15 is 0 Å². The lowest BCUT2D eigenvalue weighted by molar-refractivity contribution is -0.274. The third-order valence-electron chi connectivity index (χ3n) is 6.89. The first kappa shape index (κ1) is 26.3. The highest BCUT2D eigenvalue weighted by atomic mass is 19.4. The molecule has 1 aromatic carbocycles. The summed E-state index contributed by atoms with van der Waals surface area (Å²) >= 11 is 0. The molecule has 0 bridgehead atoms. The monoisotopic (exact) mass is 517 g/mol. The van der Waals surface area contributed by atoms with Gasteiger partial charge in [0.25, 0.3) is 0 Å². The number of ether oxygens (including phenoxy) is 1. The number of nitrogens with two attached hydrogens (primary N) is 1. The van der Waals surface area contributed by atoms with Crippen molar-refractivity contribution in [3.05, 3.63) is 41.1 Å². The molecule has 0 amide bonds. The van der Waals surface area contributed by atoms with E-state index in [1.165, 1.54) is 31.0 Å². The third kappa shape index (κ3) is 6.71. The number of hydrogen-bond donors (Lipinski definition) is 2. The number of benzene rings is 1. The smallest absolute Gasteiger partial charge is 0.405 e. The van der Waals surface area contributed by atoms with Gasteiger partial charge in [0, 0.05) is 18.2 Å².